The number of halogens is 1. The standard InChI is InChI=1S/C12H14BrN3S/c1-2-17-12-7-11(14)16(15-12)8-9-4-3-5-10(13)6-9/h3-7H,2,8,14H2,1H3. The molecular formula is C12H14BrN3S. The number of nitrogens with zero attached hydrogens (tertiary/aromatic N) is 2. The maximum atomic E-state index is 5.93. The van der Waals surface area contributed by atoms with Crippen LogP contribution in [-0.2, 0) is 6.54 Å². The lowest BCUT2D eigenvalue weighted by atomic mass is 10.2. The van der Waals surface area contributed by atoms with Gasteiger partial charge in [-0.3, -0.25) is 0 Å². The van der Waals surface area contributed by atoms with Gasteiger partial charge in [-0.2, -0.15) is 5.10 Å². The fourth-order valence-electron chi connectivity index (χ4n) is 1.56. The summed E-state index contributed by atoms with van der Waals surface area (Å²) in [7, 11) is 0. The van der Waals surface area contributed by atoms with Gasteiger partial charge in [0.05, 0.1) is 6.54 Å². The molecule has 0 atom stereocenters. The first-order valence-electron chi connectivity index (χ1n) is 5.39. The van der Waals surface area contributed by atoms with Crippen LogP contribution < -0.4 is 5.73 Å². The van der Waals surface area contributed by atoms with Crippen molar-refractivity contribution in [3.63, 3.8) is 0 Å². The number of rotatable bonds is 4. The van der Waals surface area contributed by atoms with Crippen LogP contribution in [0, 0.1) is 0 Å². The summed E-state index contributed by atoms with van der Waals surface area (Å²) < 4.78 is 2.91. The van der Waals surface area contributed by atoms with E-state index in [-0.39, 0.29) is 0 Å². The van der Waals surface area contributed by atoms with E-state index in [9.17, 15) is 0 Å². The monoisotopic (exact) mass is 311 g/mol. The Morgan fingerprint density at radius 3 is 2.94 bits per heavy atom. The van der Waals surface area contributed by atoms with Gasteiger partial charge in [0.1, 0.15) is 10.8 Å². The third kappa shape index (κ3) is 3.26. The summed E-state index contributed by atoms with van der Waals surface area (Å²) in [6.45, 7) is 2.81. The molecule has 0 spiro atoms. The second-order valence-corrected chi connectivity index (χ2v) is 5.83. The van der Waals surface area contributed by atoms with Crippen molar-refractivity contribution in [3.05, 3.63) is 40.4 Å². The van der Waals surface area contributed by atoms with E-state index in [2.05, 4.69) is 40.1 Å². The second kappa shape index (κ2) is 5.60. The molecule has 90 valence electrons. The zero-order valence-electron chi connectivity index (χ0n) is 9.56. The van der Waals surface area contributed by atoms with Crippen molar-refractivity contribution in [2.24, 2.45) is 0 Å². The van der Waals surface area contributed by atoms with E-state index >= 15 is 0 Å². The maximum Gasteiger partial charge on any atom is 0.123 e. The number of anilines is 1. The molecule has 0 saturated carbocycles. The summed E-state index contributed by atoms with van der Waals surface area (Å²) in [6, 6.07) is 10.1. The van der Waals surface area contributed by atoms with Crippen LogP contribution in [0.2, 0.25) is 0 Å². The Morgan fingerprint density at radius 1 is 1.41 bits per heavy atom. The van der Waals surface area contributed by atoms with Crippen molar-refractivity contribution >= 4 is 33.5 Å². The van der Waals surface area contributed by atoms with Crippen LogP contribution in [0.1, 0.15) is 12.5 Å². The summed E-state index contributed by atoms with van der Waals surface area (Å²) in [5.74, 6) is 1.72. The van der Waals surface area contributed by atoms with Gasteiger partial charge in [0.25, 0.3) is 0 Å². The topological polar surface area (TPSA) is 43.8 Å². The number of nitrogen functional groups attached to an aromatic ring is 1. The van der Waals surface area contributed by atoms with Gasteiger partial charge in [-0.25, -0.2) is 4.68 Å². The van der Waals surface area contributed by atoms with Gasteiger partial charge in [-0.15, -0.1) is 11.8 Å². The summed E-state index contributed by atoms with van der Waals surface area (Å²) >= 11 is 5.16. The van der Waals surface area contributed by atoms with Crippen LogP contribution >= 0.6 is 27.7 Å². The van der Waals surface area contributed by atoms with Gasteiger partial charge in [0.15, 0.2) is 0 Å². The number of hydrogen-bond donors (Lipinski definition) is 1. The third-order valence-corrected chi connectivity index (χ3v) is 3.58. The van der Waals surface area contributed by atoms with Crippen LogP contribution in [0.3, 0.4) is 0 Å². The Morgan fingerprint density at radius 2 is 2.24 bits per heavy atom. The number of aromatic nitrogens is 2. The van der Waals surface area contributed by atoms with E-state index in [4.69, 9.17) is 5.73 Å². The quantitative estimate of drug-likeness (QED) is 0.880. The highest BCUT2D eigenvalue weighted by molar-refractivity contribution is 9.10. The molecule has 0 aliphatic rings. The summed E-state index contributed by atoms with van der Waals surface area (Å²) in [6.07, 6.45) is 0. The number of thioether (sulfide) groups is 1. The predicted octanol–water partition coefficient (Wildman–Crippen LogP) is 3.39. The van der Waals surface area contributed by atoms with Crippen molar-refractivity contribution in [3.8, 4) is 0 Å². The van der Waals surface area contributed by atoms with Crippen molar-refractivity contribution in [2.75, 3.05) is 11.5 Å². The van der Waals surface area contributed by atoms with Crippen LogP contribution in [0.25, 0.3) is 0 Å². The van der Waals surface area contributed by atoms with E-state index in [1.165, 1.54) is 5.56 Å². The van der Waals surface area contributed by atoms with E-state index in [1.54, 1.807) is 11.8 Å². The Hall–Kier alpha value is -0.940. The van der Waals surface area contributed by atoms with Crippen molar-refractivity contribution in [1.82, 2.24) is 9.78 Å². The molecule has 0 amide bonds. The minimum atomic E-state index is 0.704. The number of nitrogens with two attached hydrogens (primary N) is 1. The molecular weight excluding hydrogens is 298 g/mol. The van der Waals surface area contributed by atoms with E-state index < -0.39 is 0 Å². The van der Waals surface area contributed by atoms with Crippen LogP contribution in [0.5, 0.6) is 0 Å². The fourth-order valence-corrected chi connectivity index (χ4v) is 2.66. The van der Waals surface area contributed by atoms with Crippen molar-refractivity contribution in [2.45, 2.75) is 18.5 Å². The third-order valence-electron chi connectivity index (χ3n) is 2.30. The molecule has 0 aliphatic carbocycles. The fraction of sp³-hybridized carbons (Fsp3) is 0.250. The van der Waals surface area contributed by atoms with E-state index in [0.717, 1.165) is 15.3 Å². The molecule has 0 saturated heterocycles. The summed E-state index contributed by atoms with van der Waals surface area (Å²) in [4.78, 5) is 0. The van der Waals surface area contributed by atoms with Crippen LogP contribution in [-0.4, -0.2) is 15.5 Å². The molecule has 2 aromatic rings. The van der Waals surface area contributed by atoms with Gasteiger partial charge in [-0.1, -0.05) is 35.0 Å². The normalized spacial score (nSPS) is 10.7. The second-order valence-electron chi connectivity index (χ2n) is 3.63. The molecule has 2 N–H and O–H groups in total. The van der Waals surface area contributed by atoms with Crippen LogP contribution in [0.15, 0.2) is 39.8 Å². The van der Waals surface area contributed by atoms with E-state index in [1.807, 2.05) is 22.9 Å². The Kier molecular flexibility index (Phi) is 4.12. The zero-order valence-corrected chi connectivity index (χ0v) is 12.0. The van der Waals surface area contributed by atoms with Crippen molar-refractivity contribution < 1.29 is 0 Å². The summed E-state index contributed by atoms with van der Waals surface area (Å²) in [5, 5.41) is 5.45. The largest absolute Gasteiger partial charge is 0.384 e. The first-order chi connectivity index (χ1) is 8.19. The molecule has 1 aromatic heterocycles. The Balaban J connectivity index is 2.18. The molecule has 17 heavy (non-hydrogen) atoms. The Bertz CT molecular complexity index is 510. The van der Waals surface area contributed by atoms with Crippen molar-refractivity contribution in [1.29, 1.82) is 0 Å². The molecule has 1 heterocycles. The zero-order chi connectivity index (χ0) is 12.3. The van der Waals surface area contributed by atoms with E-state index in [0.29, 0.717) is 12.4 Å². The molecule has 0 bridgehead atoms. The lowest BCUT2D eigenvalue weighted by Crippen LogP contribution is -2.05. The highest BCUT2D eigenvalue weighted by Crippen LogP contribution is 2.20. The molecule has 3 nitrogen and oxygen atoms in total. The lowest BCUT2D eigenvalue weighted by Gasteiger charge is -2.04. The first-order valence-corrected chi connectivity index (χ1v) is 7.17. The summed E-state index contributed by atoms with van der Waals surface area (Å²) in [5.41, 5.74) is 7.12. The molecule has 0 radical (unpaired) electrons. The molecule has 1 aromatic carbocycles. The molecule has 0 fully saturated rings. The smallest absolute Gasteiger partial charge is 0.123 e. The SMILES string of the molecule is CCSc1cc(N)n(Cc2cccc(Br)c2)n1. The number of benzene rings is 1. The van der Waals surface area contributed by atoms with Gasteiger partial charge in [-0.05, 0) is 23.4 Å². The molecule has 5 heteroatoms. The highest BCUT2D eigenvalue weighted by atomic mass is 79.9. The van der Waals surface area contributed by atoms with Gasteiger partial charge < -0.3 is 5.73 Å². The number of hydrogen-bond acceptors (Lipinski definition) is 3. The minimum absolute atomic E-state index is 0.704. The average molecular weight is 312 g/mol. The van der Waals surface area contributed by atoms with Crippen LogP contribution in [0.4, 0.5) is 5.82 Å². The lowest BCUT2D eigenvalue weighted by molar-refractivity contribution is 0.675. The van der Waals surface area contributed by atoms with Gasteiger partial charge in [0, 0.05) is 10.5 Å². The first kappa shape index (κ1) is 12.5. The maximum absolute atomic E-state index is 5.93. The molecule has 0 unspecified atom stereocenters. The predicted molar refractivity (Wildman–Crippen MR) is 76.3 cm³/mol. The van der Waals surface area contributed by atoms with Gasteiger partial charge in [0.2, 0.25) is 0 Å². The highest BCUT2D eigenvalue weighted by Gasteiger charge is 2.05. The average Bonchev–Trinajstić information content (AvgIpc) is 2.60. The Labute approximate surface area is 114 Å². The minimum Gasteiger partial charge on any atom is -0.384 e. The molecule has 0 aliphatic heterocycles. The molecule has 2 rings (SSSR count). The van der Waals surface area contributed by atoms with Gasteiger partial charge >= 0.3 is 0 Å².